The Morgan fingerprint density at radius 1 is 1.30 bits per heavy atom. The second-order valence-electron chi connectivity index (χ2n) is 6.11. The summed E-state index contributed by atoms with van der Waals surface area (Å²) in [4.78, 5) is 23.2. The van der Waals surface area contributed by atoms with Crippen LogP contribution in [0.15, 0.2) is 24.3 Å². The Morgan fingerprint density at radius 2 is 2.00 bits per heavy atom. The molecule has 0 spiro atoms. The first kappa shape index (κ1) is 19.9. The van der Waals surface area contributed by atoms with E-state index in [-0.39, 0.29) is 11.9 Å². The minimum atomic E-state index is -0.661. The van der Waals surface area contributed by atoms with E-state index >= 15 is 0 Å². The standard InChI is InChI=1S/C18H25IO4/c1-13(9-11-23-14(2)20)8-10-18(3,17(21)22-4)15-6-5-7-16(19)12-15/h5-7,12-13H,8-11H2,1-4H3. The fraction of sp³-hybridized carbons (Fsp3) is 0.556. The number of hydrogen-bond donors (Lipinski definition) is 0. The van der Waals surface area contributed by atoms with Crippen LogP contribution in [0.4, 0.5) is 0 Å². The van der Waals surface area contributed by atoms with Gasteiger partial charge in [-0.15, -0.1) is 0 Å². The van der Waals surface area contributed by atoms with Crippen molar-refractivity contribution in [3.8, 4) is 0 Å². The Hall–Kier alpha value is -1.11. The van der Waals surface area contributed by atoms with Crippen molar-refractivity contribution in [2.75, 3.05) is 13.7 Å². The lowest BCUT2D eigenvalue weighted by Crippen LogP contribution is -2.34. The van der Waals surface area contributed by atoms with Crippen LogP contribution in [0.1, 0.15) is 45.6 Å². The van der Waals surface area contributed by atoms with Crippen molar-refractivity contribution in [3.63, 3.8) is 0 Å². The SMILES string of the molecule is COC(=O)C(C)(CCC(C)CCOC(C)=O)c1cccc(I)c1. The van der Waals surface area contributed by atoms with Gasteiger partial charge in [0.25, 0.3) is 0 Å². The second kappa shape index (κ2) is 9.25. The summed E-state index contributed by atoms with van der Waals surface area (Å²) < 4.78 is 11.1. The molecule has 0 bridgehead atoms. The molecule has 0 fully saturated rings. The fourth-order valence-electron chi connectivity index (χ4n) is 2.50. The van der Waals surface area contributed by atoms with Crippen LogP contribution in [0, 0.1) is 9.49 Å². The summed E-state index contributed by atoms with van der Waals surface area (Å²) in [5, 5.41) is 0. The highest BCUT2D eigenvalue weighted by Gasteiger charge is 2.36. The van der Waals surface area contributed by atoms with Gasteiger partial charge in [-0.1, -0.05) is 19.1 Å². The number of benzene rings is 1. The smallest absolute Gasteiger partial charge is 0.315 e. The molecule has 1 aromatic carbocycles. The zero-order valence-corrected chi connectivity index (χ0v) is 16.4. The molecule has 1 rings (SSSR count). The van der Waals surface area contributed by atoms with E-state index in [0.717, 1.165) is 22.0 Å². The normalized spacial score (nSPS) is 14.7. The maximum atomic E-state index is 12.4. The summed E-state index contributed by atoms with van der Waals surface area (Å²) in [6.07, 6.45) is 2.35. The largest absolute Gasteiger partial charge is 0.468 e. The van der Waals surface area contributed by atoms with Crippen LogP contribution < -0.4 is 0 Å². The van der Waals surface area contributed by atoms with Gasteiger partial charge in [0.2, 0.25) is 0 Å². The number of ether oxygens (including phenoxy) is 2. The van der Waals surface area contributed by atoms with Crippen LogP contribution in [-0.2, 0) is 24.5 Å². The molecular formula is C18H25IO4. The van der Waals surface area contributed by atoms with Gasteiger partial charge in [0.1, 0.15) is 0 Å². The molecule has 0 saturated heterocycles. The lowest BCUT2D eigenvalue weighted by Gasteiger charge is -2.28. The third-order valence-electron chi connectivity index (χ3n) is 4.15. The Kier molecular flexibility index (Phi) is 8.02. The molecule has 0 heterocycles. The van der Waals surface area contributed by atoms with E-state index in [4.69, 9.17) is 9.47 Å². The molecule has 0 radical (unpaired) electrons. The summed E-state index contributed by atoms with van der Waals surface area (Å²) in [5.74, 6) is -0.108. The first-order valence-corrected chi connectivity index (χ1v) is 8.85. The lowest BCUT2D eigenvalue weighted by molar-refractivity contribution is -0.147. The molecule has 4 nitrogen and oxygen atoms in total. The van der Waals surface area contributed by atoms with Gasteiger partial charge in [-0.2, -0.15) is 0 Å². The van der Waals surface area contributed by atoms with Gasteiger partial charge in [0, 0.05) is 10.5 Å². The predicted molar refractivity (Wildman–Crippen MR) is 98.2 cm³/mol. The molecule has 0 aliphatic heterocycles. The van der Waals surface area contributed by atoms with Crippen molar-refractivity contribution in [1.29, 1.82) is 0 Å². The van der Waals surface area contributed by atoms with Crippen LogP contribution in [0.5, 0.6) is 0 Å². The minimum absolute atomic E-state index is 0.216. The Morgan fingerprint density at radius 3 is 2.57 bits per heavy atom. The van der Waals surface area contributed by atoms with E-state index in [2.05, 4.69) is 29.5 Å². The van der Waals surface area contributed by atoms with Crippen LogP contribution in [-0.4, -0.2) is 25.7 Å². The topological polar surface area (TPSA) is 52.6 Å². The van der Waals surface area contributed by atoms with E-state index in [9.17, 15) is 9.59 Å². The Labute approximate surface area is 152 Å². The van der Waals surface area contributed by atoms with Crippen molar-refractivity contribution in [2.24, 2.45) is 5.92 Å². The van der Waals surface area contributed by atoms with Crippen LogP contribution in [0.2, 0.25) is 0 Å². The van der Waals surface area contributed by atoms with E-state index in [0.29, 0.717) is 18.9 Å². The zero-order chi connectivity index (χ0) is 17.5. The van der Waals surface area contributed by atoms with Crippen molar-refractivity contribution in [1.82, 2.24) is 0 Å². The fourth-order valence-corrected chi connectivity index (χ4v) is 3.05. The van der Waals surface area contributed by atoms with Gasteiger partial charge in [-0.25, -0.2) is 0 Å². The monoisotopic (exact) mass is 432 g/mol. The third-order valence-corrected chi connectivity index (χ3v) is 4.82. The molecule has 0 aliphatic carbocycles. The molecule has 5 heteroatoms. The van der Waals surface area contributed by atoms with Crippen LogP contribution >= 0.6 is 22.6 Å². The average Bonchev–Trinajstić information content (AvgIpc) is 2.51. The number of esters is 2. The first-order valence-electron chi connectivity index (χ1n) is 7.77. The van der Waals surface area contributed by atoms with Gasteiger partial charge in [0.05, 0.1) is 19.1 Å². The summed E-state index contributed by atoms with van der Waals surface area (Å²) in [6.45, 7) is 5.88. The van der Waals surface area contributed by atoms with Crippen molar-refractivity contribution in [3.05, 3.63) is 33.4 Å². The van der Waals surface area contributed by atoms with Crippen molar-refractivity contribution < 1.29 is 19.1 Å². The van der Waals surface area contributed by atoms with E-state index in [1.54, 1.807) is 0 Å². The number of halogens is 1. The van der Waals surface area contributed by atoms with Gasteiger partial charge in [-0.05, 0) is 72.4 Å². The molecule has 128 valence electrons. The number of carbonyl (C=O) groups is 2. The highest BCUT2D eigenvalue weighted by Crippen LogP contribution is 2.33. The molecule has 0 aliphatic rings. The molecule has 2 atom stereocenters. The number of rotatable bonds is 8. The molecule has 23 heavy (non-hydrogen) atoms. The van der Waals surface area contributed by atoms with Gasteiger partial charge in [0.15, 0.2) is 0 Å². The predicted octanol–water partition coefficient (Wildman–Crippen LogP) is 4.09. The quantitative estimate of drug-likeness (QED) is 0.459. The molecule has 0 saturated carbocycles. The van der Waals surface area contributed by atoms with Crippen LogP contribution in [0.3, 0.4) is 0 Å². The molecule has 0 amide bonds. The van der Waals surface area contributed by atoms with Crippen molar-refractivity contribution >= 4 is 34.5 Å². The maximum Gasteiger partial charge on any atom is 0.315 e. The van der Waals surface area contributed by atoms with Crippen LogP contribution in [0.25, 0.3) is 0 Å². The third kappa shape index (κ3) is 6.12. The minimum Gasteiger partial charge on any atom is -0.468 e. The first-order chi connectivity index (χ1) is 10.8. The van der Waals surface area contributed by atoms with E-state index < -0.39 is 5.41 Å². The average molecular weight is 432 g/mol. The molecule has 0 aromatic heterocycles. The van der Waals surface area contributed by atoms with E-state index in [1.807, 2.05) is 31.2 Å². The summed E-state index contributed by atoms with van der Waals surface area (Å²) in [5.41, 5.74) is 0.314. The van der Waals surface area contributed by atoms with Crippen molar-refractivity contribution in [2.45, 2.75) is 45.4 Å². The Balaban J connectivity index is 2.76. The second-order valence-corrected chi connectivity index (χ2v) is 7.35. The van der Waals surface area contributed by atoms with Gasteiger partial charge >= 0.3 is 11.9 Å². The highest BCUT2D eigenvalue weighted by atomic mass is 127. The molecule has 2 unspecified atom stereocenters. The highest BCUT2D eigenvalue weighted by molar-refractivity contribution is 14.1. The van der Waals surface area contributed by atoms with Gasteiger partial charge < -0.3 is 9.47 Å². The van der Waals surface area contributed by atoms with Gasteiger partial charge in [-0.3, -0.25) is 9.59 Å². The summed E-state index contributed by atoms with van der Waals surface area (Å²) >= 11 is 2.25. The number of hydrogen-bond acceptors (Lipinski definition) is 4. The summed E-state index contributed by atoms with van der Waals surface area (Å²) in [7, 11) is 1.43. The molecular weight excluding hydrogens is 407 g/mol. The number of carbonyl (C=O) groups excluding carboxylic acids is 2. The zero-order valence-electron chi connectivity index (χ0n) is 14.2. The number of methoxy groups -OCH3 is 1. The van der Waals surface area contributed by atoms with E-state index in [1.165, 1.54) is 14.0 Å². The lowest BCUT2D eigenvalue weighted by atomic mass is 9.77. The Bertz CT molecular complexity index is 544. The molecule has 0 N–H and O–H groups in total. The maximum absolute atomic E-state index is 12.4. The molecule has 1 aromatic rings. The summed E-state index contributed by atoms with van der Waals surface area (Å²) in [6, 6.07) is 7.97.